The van der Waals surface area contributed by atoms with E-state index in [2.05, 4.69) is 20.3 Å². The van der Waals surface area contributed by atoms with E-state index >= 15 is 0 Å². The van der Waals surface area contributed by atoms with Gasteiger partial charge in [-0.15, -0.1) is 10.2 Å². The molecule has 0 radical (unpaired) electrons. The van der Waals surface area contributed by atoms with E-state index in [4.69, 9.17) is 0 Å². The summed E-state index contributed by atoms with van der Waals surface area (Å²) in [6.07, 6.45) is 7.06. The highest BCUT2D eigenvalue weighted by atomic mass is 16.2. The molecule has 0 saturated carbocycles. The first kappa shape index (κ1) is 16.6. The highest BCUT2D eigenvalue weighted by molar-refractivity contribution is 5.94. The first-order chi connectivity index (χ1) is 13.8. The van der Waals surface area contributed by atoms with Crippen molar-refractivity contribution in [2.24, 2.45) is 0 Å². The van der Waals surface area contributed by atoms with E-state index in [1.807, 2.05) is 58.0 Å². The predicted octanol–water partition coefficient (Wildman–Crippen LogP) is 2.33. The number of benzene rings is 1. The Morgan fingerprint density at radius 1 is 1.07 bits per heavy atom. The average Bonchev–Trinajstić information content (AvgIpc) is 3.44. The number of amides is 1. The average molecular weight is 373 g/mol. The van der Waals surface area contributed by atoms with Gasteiger partial charge in [0, 0.05) is 30.8 Å². The van der Waals surface area contributed by atoms with Gasteiger partial charge >= 0.3 is 0 Å². The molecule has 8 heteroatoms. The molecule has 0 bridgehead atoms. The summed E-state index contributed by atoms with van der Waals surface area (Å²) in [5.74, 6) is 1.16. The van der Waals surface area contributed by atoms with Crippen LogP contribution in [-0.2, 0) is 0 Å². The lowest BCUT2D eigenvalue weighted by Crippen LogP contribution is -2.39. The second-order valence-corrected chi connectivity index (χ2v) is 6.96. The Morgan fingerprint density at radius 2 is 1.96 bits per heavy atom. The van der Waals surface area contributed by atoms with Gasteiger partial charge in [0.15, 0.2) is 5.65 Å². The minimum atomic E-state index is 0.0451. The summed E-state index contributed by atoms with van der Waals surface area (Å²) in [6.45, 7) is 1.41. The number of likely N-dealkylation sites (tertiary alicyclic amines) is 1. The number of carbonyl (C=O) groups excluding carboxylic acids is 1. The molecule has 8 nitrogen and oxygen atoms in total. The Bertz CT molecular complexity index is 1100. The molecule has 1 saturated heterocycles. The van der Waals surface area contributed by atoms with Crippen LogP contribution in [0.2, 0.25) is 0 Å². The van der Waals surface area contributed by atoms with Gasteiger partial charge in [-0.05, 0) is 49.2 Å². The van der Waals surface area contributed by atoms with Crippen molar-refractivity contribution in [2.75, 3.05) is 13.1 Å². The van der Waals surface area contributed by atoms with Crippen molar-refractivity contribution < 1.29 is 4.79 Å². The maximum Gasteiger partial charge on any atom is 0.253 e. The van der Waals surface area contributed by atoms with Crippen molar-refractivity contribution in [1.29, 1.82) is 0 Å². The van der Waals surface area contributed by atoms with E-state index in [9.17, 15) is 4.79 Å². The molecule has 1 amide bonds. The van der Waals surface area contributed by atoms with Crippen LogP contribution in [0.4, 0.5) is 0 Å². The van der Waals surface area contributed by atoms with Gasteiger partial charge in [0.1, 0.15) is 18.5 Å². The van der Waals surface area contributed by atoms with Gasteiger partial charge < -0.3 is 4.90 Å². The quantitative estimate of drug-likeness (QED) is 0.551. The summed E-state index contributed by atoms with van der Waals surface area (Å²) in [4.78, 5) is 18.9. The molecule has 1 atom stereocenters. The molecule has 4 aromatic rings. The lowest BCUT2D eigenvalue weighted by molar-refractivity contribution is 0.0704. The summed E-state index contributed by atoms with van der Waals surface area (Å²) in [7, 11) is 0. The van der Waals surface area contributed by atoms with Gasteiger partial charge in [0.2, 0.25) is 0 Å². The minimum Gasteiger partial charge on any atom is -0.338 e. The van der Waals surface area contributed by atoms with E-state index in [-0.39, 0.29) is 11.8 Å². The van der Waals surface area contributed by atoms with E-state index in [0.29, 0.717) is 12.1 Å². The van der Waals surface area contributed by atoms with Crippen molar-refractivity contribution >= 4 is 11.6 Å². The molecule has 28 heavy (non-hydrogen) atoms. The number of hydrogen-bond donors (Lipinski definition) is 0. The highest BCUT2D eigenvalue weighted by Gasteiger charge is 2.28. The van der Waals surface area contributed by atoms with Crippen LogP contribution in [0.15, 0.2) is 61.3 Å². The smallest absolute Gasteiger partial charge is 0.253 e. The Balaban J connectivity index is 1.35. The van der Waals surface area contributed by atoms with Crippen molar-refractivity contribution in [3.8, 4) is 5.69 Å². The number of hydrogen-bond acceptors (Lipinski definition) is 5. The van der Waals surface area contributed by atoms with Crippen LogP contribution in [0.1, 0.15) is 34.9 Å². The molecule has 1 aliphatic rings. The van der Waals surface area contributed by atoms with Gasteiger partial charge in [-0.3, -0.25) is 9.20 Å². The zero-order valence-electron chi connectivity index (χ0n) is 15.2. The van der Waals surface area contributed by atoms with Gasteiger partial charge in [0.25, 0.3) is 5.91 Å². The highest BCUT2D eigenvalue weighted by Crippen LogP contribution is 2.27. The van der Waals surface area contributed by atoms with Gasteiger partial charge in [-0.2, -0.15) is 5.10 Å². The lowest BCUT2D eigenvalue weighted by Gasteiger charge is -2.32. The summed E-state index contributed by atoms with van der Waals surface area (Å²) in [6, 6.07) is 13.3. The molecule has 1 aliphatic heterocycles. The number of carbonyl (C=O) groups is 1. The van der Waals surface area contributed by atoms with E-state index in [0.717, 1.165) is 36.5 Å². The molecule has 0 spiro atoms. The standard InChI is InChI=1S/C20H19N7O/c28-20(15-6-8-17(9-7-15)27-14-21-13-22-27)25-10-3-4-16(12-25)19-24-23-18-5-1-2-11-26(18)19/h1-2,5-9,11,13-14,16H,3-4,10,12H2. The van der Waals surface area contributed by atoms with Crippen LogP contribution in [-0.4, -0.2) is 53.3 Å². The van der Waals surface area contributed by atoms with Gasteiger partial charge in [0.05, 0.1) is 5.69 Å². The predicted molar refractivity (Wildman–Crippen MR) is 102 cm³/mol. The topological polar surface area (TPSA) is 81.2 Å². The fourth-order valence-electron chi connectivity index (χ4n) is 3.79. The molecule has 0 aliphatic carbocycles. The maximum absolute atomic E-state index is 13.0. The van der Waals surface area contributed by atoms with Crippen molar-refractivity contribution in [3.63, 3.8) is 0 Å². The van der Waals surface area contributed by atoms with Crippen LogP contribution in [0.25, 0.3) is 11.3 Å². The molecular weight excluding hydrogens is 354 g/mol. The van der Waals surface area contributed by atoms with Gasteiger partial charge in [-0.1, -0.05) is 6.07 Å². The minimum absolute atomic E-state index is 0.0451. The number of aromatic nitrogens is 6. The first-order valence-electron chi connectivity index (χ1n) is 9.33. The van der Waals surface area contributed by atoms with Crippen molar-refractivity contribution in [3.05, 3.63) is 72.7 Å². The third-order valence-electron chi connectivity index (χ3n) is 5.21. The number of nitrogens with zero attached hydrogens (tertiary/aromatic N) is 7. The molecule has 1 unspecified atom stereocenters. The Morgan fingerprint density at radius 3 is 2.79 bits per heavy atom. The Kier molecular flexibility index (Phi) is 4.08. The molecule has 1 fully saturated rings. The fourth-order valence-corrected chi connectivity index (χ4v) is 3.79. The maximum atomic E-state index is 13.0. The molecule has 3 aromatic heterocycles. The lowest BCUT2D eigenvalue weighted by atomic mass is 9.96. The second-order valence-electron chi connectivity index (χ2n) is 6.96. The monoisotopic (exact) mass is 373 g/mol. The van der Waals surface area contributed by atoms with Crippen LogP contribution < -0.4 is 0 Å². The molecule has 0 N–H and O–H groups in total. The third kappa shape index (κ3) is 2.92. The Labute approximate surface area is 161 Å². The number of fused-ring (bicyclic) bond motifs is 1. The summed E-state index contributed by atoms with van der Waals surface area (Å²) < 4.78 is 3.69. The first-order valence-corrected chi connectivity index (χ1v) is 9.33. The van der Waals surface area contributed by atoms with Crippen LogP contribution in [0.3, 0.4) is 0 Å². The fraction of sp³-hybridized carbons (Fsp3) is 0.250. The summed E-state index contributed by atoms with van der Waals surface area (Å²) in [5.41, 5.74) is 2.39. The largest absolute Gasteiger partial charge is 0.338 e. The third-order valence-corrected chi connectivity index (χ3v) is 5.21. The zero-order valence-corrected chi connectivity index (χ0v) is 15.2. The number of piperidine rings is 1. The Hall–Kier alpha value is -3.55. The summed E-state index contributed by atoms with van der Waals surface area (Å²) in [5, 5.41) is 12.7. The molecule has 4 heterocycles. The molecule has 1 aromatic carbocycles. The van der Waals surface area contributed by atoms with Gasteiger partial charge in [-0.25, -0.2) is 9.67 Å². The van der Waals surface area contributed by atoms with Crippen LogP contribution in [0, 0.1) is 0 Å². The van der Waals surface area contributed by atoms with Crippen molar-refractivity contribution in [1.82, 2.24) is 34.3 Å². The second kappa shape index (κ2) is 6.88. The van der Waals surface area contributed by atoms with E-state index in [1.165, 1.54) is 6.33 Å². The summed E-state index contributed by atoms with van der Waals surface area (Å²) >= 11 is 0. The molecule has 5 rings (SSSR count). The normalized spacial score (nSPS) is 17.1. The zero-order chi connectivity index (χ0) is 18.9. The number of rotatable bonds is 3. The number of pyridine rings is 1. The molecular formula is C20H19N7O. The van der Waals surface area contributed by atoms with Crippen LogP contribution in [0.5, 0.6) is 0 Å². The SMILES string of the molecule is O=C(c1ccc(-n2cncn2)cc1)N1CCCC(c2nnc3ccccn23)C1. The van der Waals surface area contributed by atoms with Crippen molar-refractivity contribution in [2.45, 2.75) is 18.8 Å². The van der Waals surface area contributed by atoms with E-state index < -0.39 is 0 Å². The van der Waals surface area contributed by atoms with Crippen LogP contribution >= 0.6 is 0 Å². The van der Waals surface area contributed by atoms with E-state index in [1.54, 1.807) is 11.0 Å². The molecule has 140 valence electrons.